The standard InChI is InChI=1S/C24H23NO7S/c1-15-10-20(16(2)25(15)12-17-4-9-22-23(11-17)32-14-31-22)21(26)13-30-24(27)18-5-7-19(8-6-18)33(3,28)29/h4-11H,12-14H2,1-3H3. The predicted octanol–water partition coefficient (Wildman–Crippen LogP) is 3.33. The highest BCUT2D eigenvalue weighted by Crippen LogP contribution is 2.33. The van der Waals surface area contributed by atoms with Gasteiger partial charge in [-0.15, -0.1) is 0 Å². The molecule has 0 spiro atoms. The number of fused-ring (bicyclic) bond motifs is 1. The van der Waals surface area contributed by atoms with Gasteiger partial charge >= 0.3 is 5.97 Å². The van der Waals surface area contributed by atoms with Crippen molar-refractivity contribution < 1.29 is 32.2 Å². The molecule has 2 heterocycles. The number of ether oxygens (including phenoxy) is 3. The molecule has 1 aliphatic rings. The molecule has 0 radical (unpaired) electrons. The summed E-state index contributed by atoms with van der Waals surface area (Å²) in [6, 6.07) is 12.9. The van der Waals surface area contributed by atoms with Gasteiger partial charge in [0, 0.05) is 29.8 Å². The molecule has 0 amide bonds. The van der Waals surface area contributed by atoms with Crippen molar-refractivity contribution in [2.75, 3.05) is 19.7 Å². The minimum Gasteiger partial charge on any atom is -0.454 e. The molecule has 0 N–H and O–H groups in total. The van der Waals surface area contributed by atoms with Gasteiger partial charge in [-0.2, -0.15) is 0 Å². The Balaban J connectivity index is 1.43. The van der Waals surface area contributed by atoms with Gasteiger partial charge in [-0.05, 0) is 61.9 Å². The van der Waals surface area contributed by atoms with Gasteiger partial charge in [-0.1, -0.05) is 6.07 Å². The molecule has 0 bridgehead atoms. The Labute approximate surface area is 191 Å². The van der Waals surface area contributed by atoms with Crippen LogP contribution in [0.15, 0.2) is 53.4 Å². The average Bonchev–Trinajstić information content (AvgIpc) is 3.36. The molecule has 0 saturated carbocycles. The number of hydrogen-bond donors (Lipinski definition) is 0. The summed E-state index contributed by atoms with van der Waals surface area (Å²) >= 11 is 0. The van der Waals surface area contributed by atoms with Crippen LogP contribution in [-0.4, -0.2) is 44.4 Å². The van der Waals surface area contributed by atoms with E-state index in [4.69, 9.17) is 14.2 Å². The predicted molar refractivity (Wildman–Crippen MR) is 120 cm³/mol. The number of rotatable bonds is 7. The molecule has 0 fully saturated rings. The van der Waals surface area contributed by atoms with Crippen molar-refractivity contribution >= 4 is 21.6 Å². The molecule has 3 aromatic rings. The van der Waals surface area contributed by atoms with Gasteiger partial charge < -0.3 is 18.8 Å². The smallest absolute Gasteiger partial charge is 0.338 e. The van der Waals surface area contributed by atoms with Crippen LogP contribution in [0.5, 0.6) is 11.5 Å². The molecule has 0 aliphatic carbocycles. The molecule has 4 rings (SSSR count). The third kappa shape index (κ3) is 4.78. The first-order valence-electron chi connectivity index (χ1n) is 10.2. The van der Waals surface area contributed by atoms with E-state index >= 15 is 0 Å². The number of esters is 1. The number of hydrogen-bond acceptors (Lipinski definition) is 7. The van der Waals surface area contributed by atoms with Crippen LogP contribution in [0.2, 0.25) is 0 Å². The second kappa shape index (κ2) is 8.74. The lowest BCUT2D eigenvalue weighted by molar-refractivity contribution is 0.0474. The monoisotopic (exact) mass is 469 g/mol. The van der Waals surface area contributed by atoms with Crippen molar-refractivity contribution in [2.45, 2.75) is 25.3 Å². The number of nitrogens with zero attached hydrogens (tertiary/aromatic N) is 1. The first-order valence-corrected chi connectivity index (χ1v) is 12.1. The Morgan fingerprint density at radius 3 is 2.39 bits per heavy atom. The van der Waals surface area contributed by atoms with Crippen molar-refractivity contribution in [1.29, 1.82) is 0 Å². The number of aromatic nitrogens is 1. The second-order valence-corrected chi connectivity index (χ2v) is 9.87. The van der Waals surface area contributed by atoms with Crippen LogP contribution in [0.3, 0.4) is 0 Å². The largest absolute Gasteiger partial charge is 0.454 e. The zero-order valence-corrected chi connectivity index (χ0v) is 19.3. The maximum atomic E-state index is 12.8. The summed E-state index contributed by atoms with van der Waals surface area (Å²) in [5.74, 6) is 0.393. The van der Waals surface area contributed by atoms with Gasteiger partial charge in [0.15, 0.2) is 27.9 Å². The zero-order chi connectivity index (χ0) is 23.8. The molecule has 9 heteroatoms. The third-order valence-electron chi connectivity index (χ3n) is 5.50. The molecule has 1 aromatic heterocycles. The zero-order valence-electron chi connectivity index (χ0n) is 18.5. The highest BCUT2D eigenvalue weighted by Gasteiger charge is 2.19. The third-order valence-corrected chi connectivity index (χ3v) is 6.63. The summed E-state index contributed by atoms with van der Waals surface area (Å²) in [4.78, 5) is 25.1. The Morgan fingerprint density at radius 2 is 1.70 bits per heavy atom. The van der Waals surface area contributed by atoms with Crippen molar-refractivity contribution in [3.63, 3.8) is 0 Å². The Kier molecular flexibility index (Phi) is 5.99. The van der Waals surface area contributed by atoms with Gasteiger partial charge in [0.1, 0.15) is 0 Å². The second-order valence-electron chi connectivity index (χ2n) is 7.85. The highest BCUT2D eigenvalue weighted by atomic mass is 32.2. The molecule has 2 aromatic carbocycles. The SMILES string of the molecule is Cc1cc(C(=O)COC(=O)c2ccc(S(C)(=O)=O)cc2)c(C)n1Cc1ccc2c(c1)OCO2. The van der Waals surface area contributed by atoms with Crippen molar-refractivity contribution in [1.82, 2.24) is 4.57 Å². The molecule has 172 valence electrons. The number of benzene rings is 2. The van der Waals surface area contributed by atoms with Gasteiger partial charge in [0.05, 0.1) is 10.5 Å². The normalized spacial score (nSPS) is 12.6. The van der Waals surface area contributed by atoms with E-state index in [1.54, 1.807) is 6.07 Å². The lowest BCUT2D eigenvalue weighted by Crippen LogP contribution is -2.15. The number of Topliss-reactive ketones (excluding diaryl/α,β-unsaturated/α-hetero) is 1. The molecule has 0 saturated heterocycles. The lowest BCUT2D eigenvalue weighted by Gasteiger charge is -2.11. The van der Waals surface area contributed by atoms with Crippen LogP contribution >= 0.6 is 0 Å². The number of aryl methyl sites for hydroxylation is 1. The van der Waals surface area contributed by atoms with Crippen LogP contribution in [0.4, 0.5) is 0 Å². The van der Waals surface area contributed by atoms with Crippen LogP contribution < -0.4 is 9.47 Å². The fraction of sp³-hybridized carbons (Fsp3) is 0.250. The van der Waals surface area contributed by atoms with Gasteiger partial charge in [0.2, 0.25) is 12.6 Å². The van der Waals surface area contributed by atoms with Crippen LogP contribution in [-0.2, 0) is 21.1 Å². The minimum absolute atomic E-state index is 0.102. The van der Waals surface area contributed by atoms with Crippen molar-refractivity contribution in [3.05, 3.63) is 76.6 Å². The molecular weight excluding hydrogens is 446 g/mol. The Morgan fingerprint density at radius 1 is 1.00 bits per heavy atom. The number of carbonyl (C=O) groups excluding carboxylic acids is 2. The van der Waals surface area contributed by atoms with E-state index in [1.165, 1.54) is 24.3 Å². The van der Waals surface area contributed by atoms with E-state index in [1.807, 2.05) is 36.6 Å². The van der Waals surface area contributed by atoms with Crippen molar-refractivity contribution in [3.8, 4) is 11.5 Å². The topological polar surface area (TPSA) is 101 Å². The lowest BCUT2D eigenvalue weighted by atomic mass is 10.1. The minimum atomic E-state index is -3.36. The molecule has 33 heavy (non-hydrogen) atoms. The Bertz CT molecular complexity index is 1340. The fourth-order valence-electron chi connectivity index (χ4n) is 3.68. The van der Waals surface area contributed by atoms with E-state index in [-0.39, 0.29) is 23.0 Å². The summed E-state index contributed by atoms with van der Waals surface area (Å²) in [7, 11) is -3.36. The quantitative estimate of drug-likeness (QED) is 0.386. The molecule has 1 aliphatic heterocycles. The van der Waals surface area contributed by atoms with Crippen LogP contribution in [0.1, 0.15) is 37.7 Å². The average molecular weight is 470 g/mol. The van der Waals surface area contributed by atoms with E-state index in [0.717, 1.165) is 23.2 Å². The fourth-order valence-corrected chi connectivity index (χ4v) is 4.31. The Hall–Kier alpha value is -3.59. The maximum Gasteiger partial charge on any atom is 0.338 e. The molecule has 0 unspecified atom stereocenters. The van der Waals surface area contributed by atoms with Crippen molar-refractivity contribution in [2.24, 2.45) is 0 Å². The van der Waals surface area contributed by atoms with E-state index < -0.39 is 22.4 Å². The number of carbonyl (C=O) groups is 2. The maximum absolute atomic E-state index is 12.8. The van der Waals surface area contributed by atoms with Crippen LogP contribution in [0, 0.1) is 13.8 Å². The highest BCUT2D eigenvalue weighted by molar-refractivity contribution is 7.90. The van der Waals surface area contributed by atoms with E-state index in [9.17, 15) is 18.0 Å². The van der Waals surface area contributed by atoms with Gasteiger partial charge in [0.25, 0.3) is 0 Å². The summed E-state index contributed by atoms with van der Waals surface area (Å²) < 4.78 is 41.0. The first kappa shape index (κ1) is 22.6. The number of ketones is 1. The first-order chi connectivity index (χ1) is 15.6. The molecular formula is C24H23NO7S. The van der Waals surface area contributed by atoms with E-state index in [0.29, 0.717) is 23.6 Å². The van der Waals surface area contributed by atoms with Crippen LogP contribution in [0.25, 0.3) is 0 Å². The summed E-state index contributed by atoms with van der Waals surface area (Å²) in [6.07, 6.45) is 1.09. The summed E-state index contributed by atoms with van der Waals surface area (Å²) in [5, 5.41) is 0. The van der Waals surface area contributed by atoms with Gasteiger partial charge in [-0.3, -0.25) is 4.79 Å². The number of sulfone groups is 1. The molecule has 0 atom stereocenters. The summed E-state index contributed by atoms with van der Waals surface area (Å²) in [5.41, 5.74) is 3.32. The summed E-state index contributed by atoms with van der Waals surface area (Å²) in [6.45, 7) is 4.10. The molecule has 8 nitrogen and oxygen atoms in total. The van der Waals surface area contributed by atoms with Gasteiger partial charge in [-0.25, -0.2) is 13.2 Å². The van der Waals surface area contributed by atoms with E-state index in [2.05, 4.69) is 0 Å².